The normalized spacial score (nSPS) is 10.7. The molecule has 6 nitrogen and oxygen atoms in total. The summed E-state index contributed by atoms with van der Waals surface area (Å²) in [5.74, 6) is 1.76. The van der Waals surface area contributed by atoms with Gasteiger partial charge in [-0.05, 0) is 50.2 Å². The van der Waals surface area contributed by atoms with E-state index in [0.717, 1.165) is 5.69 Å². The minimum atomic E-state index is 0.0355. The van der Waals surface area contributed by atoms with Crippen LogP contribution in [0.15, 0.2) is 59.8 Å². The van der Waals surface area contributed by atoms with Gasteiger partial charge in [0.05, 0.1) is 5.75 Å². The van der Waals surface area contributed by atoms with Gasteiger partial charge < -0.3 is 14.2 Å². The van der Waals surface area contributed by atoms with Gasteiger partial charge >= 0.3 is 0 Å². The highest BCUT2D eigenvalue weighted by Gasteiger charge is 2.17. The van der Waals surface area contributed by atoms with Gasteiger partial charge in [-0.15, -0.1) is 10.2 Å². The Kier molecular flexibility index (Phi) is 7.55. The second-order valence-corrected chi connectivity index (χ2v) is 7.53. The van der Waals surface area contributed by atoms with Crippen molar-refractivity contribution in [3.63, 3.8) is 0 Å². The van der Waals surface area contributed by atoms with E-state index in [9.17, 15) is 4.79 Å². The highest BCUT2D eigenvalue weighted by atomic mass is 35.5. The highest BCUT2D eigenvalue weighted by molar-refractivity contribution is 7.99. The first-order chi connectivity index (χ1) is 14.1. The lowest BCUT2D eigenvalue weighted by atomic mass is 10.3. The number of benzene rings is 2. The summed E-state index contributed by atoms with van der Waals surface area (Å²) in [7, 11) is 0. The number of hydrogen-bond donors (Lipinski definition) is 0. The summed E-state index contributed by atoms with van der Waals surface area (Å²) in [6.07, 6.45) is 0. The third-order valence-corrected chi connectivity index (χ3v) is 5.50. The fraction of sp³-hybridized carbons (Fsp3) is 0.286. The Labute approximate surface area is 179 Å². The van der Waals surface area contributed by atoms with E-state index in [1.165, 1.54) is 11.8 Å². The average molecular weight is 431 g/mol. The maximum Gasteiger partial charge on any atom is 0.237 e. The number of hydrogen-bond acceptors (Lipinski definition) is 5. The van der Waals surface area contributed by atoms with Gasteiger partial charge in [-0.3, -0.25) is 4.79 Å². The van der Waals surface area contributed by atoms with Gasteiger partial charge in [0, 0.05) is 23.8 Å². The number of nitrogens with zero attached hydrogens (tertiary/aromatic N) is 4. The van der Waals surface area contributed by atoms with Crippen LogP contribution < -0.4 is 9.64 Å². The van der Waals surface area contributed by atoms with Gasteiger partial charge in [0.1, 0.15) is 12.4 Å². The monoisotopic (exact) mass is 430 g/mol. The molecule has 0 atom stereocenters. The molecule has 8 heteroatoms. The molecule has 0 saturated heterocycles. The molecule has 29 heavy (non-hydrogen) atoms. The molecule has 0 radical (unpaired) electrons. The van der Waals surface area contributed by atoms with E-state index in [0.29, 0.717) is 47.2 Å². The second kappa shape index (κ2) is 10.3. The fourth-order valence-corrected chi connectivity index (χ4v) is 3.87. The van der Waals surface area contributed by atoms with Gasteiger partial charge in [0.25, 0.3) is 0 Å². The highest BCUT2D eigenvalue weighted by Crippen LogP contribution is 2.21. The Bertz CT molecular complexity index is 932. The van der Waals surface area contributed by atoms with Crippen molar-refractivity contribution in [2.45, 2.75) is 32.2 Å². The molecule has 3 aromatic rings. The third kappa shape index (κ3) is 5.52. The van der Waals surface area contributed by atoms with Crippen LogP contribution >= 0.6 is 23.4 Å². The molecular formula is C21H23ClN4O2S. The summed E-state index contributed by atoms with van der Waals surface area (Å²) in [5, 5.41) is 9.85. The fourth-order valence-electron chi connectivity index (χ4n) is 2.84. The van der Waals surface area contributed by atoms with Gasteiger partial charge in [-0.2, -0.15) is 0 Å². The van der Waals surface area contributed by atoms with E-state index < -0.39 is 0 Å². The molecule has 0 aliphatic heterocycles. The largest absolute Gasteiger partial charge is 0.486 e. The lowest BCUT2D eigenvalue weighted by Crippen LogP contribution is -2.32. The molecular weight excluding hydrogens is 408 g/mol. The van der Waals surface area contributed by atoms with Crippen molar-refractivity contribution in [1.82, 2.24) is 14.8 Å². The lowest BCUT2D eigenvalue weighted by molar-refractivity contribution is -0.116. The van der Waals surface area contributed by atoms with Crippen molar-refractivity contribution in [3.05, 3.63) is 65.4 Å². The average Bonchev–Trinajstić information content (AvgIpc) is 3.15. The molecule has 0 bridgehead atoms. The Morgan fingerprint density at radius 1 is 1.10 bits per heavy atom. The van der Waals surface area contributed by atoms with Crippen molar-refractivity contribution >= 4 is 35.0 Å². The van der Waals surface area contributed by atoms with E-state index in [1.807, 2.05) is 60.9 Å². The van der Waals surface area contributed by atoms with Crippen LogP contribution in [0.1, 0.15) is 19.7 Å². The Morgan fingerprint density at radius 2 is 1.83 bits per heavy atom. The predicted octanol–water partition coefficient (Wildman–Crippen LogP) is 4.68. The van der Waals surface area contributed by atoms with E-state index in [2.05, 4.69) is 10.2 Å². The lowest BCUT2D eigenvalue weighted by Gasteiger charge is -2.20. The third-order valence-electron chi connectivity index (χ3n) is 4.30. The van der Waals surface area contributed by atoms with Crippen LogP contribution in [0.25, 0.3) is 0 Å². The quantitative estimate of drug-likeness (QED) is 0.461. The molecule has 0 unspecified atom stereocenters. The number of thioether (sulfide) groups is 1. The molecule has 1 amide bonds. The van der Waals surface area contributed by atoms with Crippen molar-refractivity contribution in [3.8, 4) is 5.75 Å². The number of carbonyl (C=O) groups excluding carboxylic acids is 1. The van der Waals surface area contributed by atoms with Crippen LogP contribution in [0.5, 0.6) is 5.75 Å². The first kappa shape index (κ1) is 21.2. The summed E-state index contributed by atoms with van der Waals surface area (Å²) < 4.78 is 7.74. The molecule has 2 aromatic carbocycles. The molecule has 1 heterocycles. The van der Waals surface area contributed by atoms with Crippen LogP contribution in [-0.4, -0.2) is 33.0 Å². The number of halogens is 1. The van der Waals surface area contributed by atoms with Gasteiger partial charge in [0.2, 0.25) is 5.91 Å². The minimum Gasteiger partial charge on any atom is -0.486 e. The predicted molar refractivity (Wildman–Crippen MR) is 117 cm³/mol. The van der Waals surface area contributed by atoms with Crippen molar-refractivity contribution < 1.29 is 9.53 Å². The summed E-state index contributed by atoms with van der Waals surface area (Å²) >= 11 is 7.28. The van der Waals surface area contributed by atoms with Crippen LogP contribution in [0.4, 0.5) is 5.69 Å². The zero-order valence-corrected chi connectivity index (χ0v) is 18.0. The summed E-state index contributed by atoms with van der Waals surface area (Å²) in [5.41, 5.74) is 0.898. The molecule has 152 valence electrons. The Balaban J connectivity index is 1.62. The zero-order valence-electron chi connectivity index (χ0n) is 16.4. The number of para-hydroxylation sites is 1. The molecule has 1 aromatic heterocycles. The number of rotatable bonds is 9. The van der Waals surface area contributed by atoms with Crippen molar-refractivity contribution in [2.75, 3.05) is 17.2 Å². The number of carbonyl (C=O) groups is 1. The first-order valence-electron chi connectivity index (χ1n) is 9.41. The van der Waals surface area contributed by atoms with E-state index >= 15 is 0 Å². The number of anilines is 1. The van der Waals surface area contributed by atoms with Gasteiger partial charge in [0.15, 0.2) is 11.0 Å². The SMILES string of the molecule is CCN(C(=O)CSc1nnc(COc2ccc(Cl)cc2)n1CC)c1ccccc1. The zero-order chi connectivity index (χ0) is 20.6. The van der Waals surface area contributed by atoms with Crippen molar-refractivity contribution in [1.29, 1.82) is 0 Å². The molecule has 3 rings (SSSR count). The van der Waals surface area contributed by atoms with Gasteiger partial charge in [-0.25, -0.2) is 0 Å². The summed E-state index contributed by atoms with van der Waals surface area (Å²) in [4.78, 5) is 14.5. The molecule has 0 N–H and O–H groups in total. The number of aromatic nitrogens is 3. The molecule has 0 saturated carbocycles. The van der Waals surface area contributed by atoms with E-state index in [1.54, 1.807) is 17.0 Å². The minimum absolute atomic E-state index is 0.0355. The second-order valence-electron chi connectivity index (χ2n) is 6.15. The van der Waals surface area contributed by atoms with Crippen LogP contribution in [0.2, 0.25) is 5.02 Å². The number of ether oxygens (including phenoxy) is 1. The van der Waals surface area contributed by atoms with Crippen LogP contribution in [-0.2, 0) is 17.9 Å². The maximum absolute atomic E-state index is 12.7. The smallest absolute Gasteiger partial charge is 0.237 e. The van der Waals surface area contributed by atoms with E-state index in [-0.39, 0.29) is 5.91 Å². The van der Waals surface area contributed by atoms with Gasteiger partial charge in [-0.1, -0.05) is 41.6 Å². The van der Waals surface area contributed by atoms with E-state index in [4.69, 9.17) is 16.3 Å². The molecule has 0 spiro atoms. The molecule has 0 fully saturated rings. The summed E-state index contributed by atoms with van der Waals surface area (Å²) in [6, 6.07) is 16.9. The molecule has 0 aliphatic rings. The van der Waals surface area contributed by atoms with Crippen LogP contribution in [0.3, 0.4) is 0 Å². The van der Waals surface area contributed by atoms with Crippen molar-refractivity contribution in [2.24, 2.45) is 0 Å². The summed E-state index contributed by atoms with van der Waals surface area (Å²) in [6.45, 7) is 5.59. The van der Waals surface area contributed by atoms with Crippen LogP contribution in [0, 0.1) is 0 Å². The Morgan fingerprint density at radius 3 is 2.48 bits per heavy atom. The first-order valence-corrected chi connectivity index (χ1v) is 10.8. The maximum atomic E-state index is 12.7. The Hall–Kier alpha value is -2.51. The molecule has 0 aliphatic carbocycles. The standard InChI is InChI=1S/C21H23ClN4O2S/c1-3-25(17-8-6-5-7-9-17)20(27)15-29-21-24-23-19(26(21)4-2)14-28-18-12-10-16(22)11-13-18/h5-13H,3-4,14-15H2,1-2H3. The number of amides is 1. The topological polar surface area (TPSA) is 60.3 Å².